The zero-order valence-electron chi connectivity index (χ0n) is 14.0. The van der Waals surface area contributed by atoms with E-state index in [1.807, 2.05) is 0 Å². The first-order chi connectivity index (χ1) is 9.20. The minimum atomic E-state index is -1.58. The molecular weight excluding hydrogens is 268 g/mol. The molecule has 3 nitrogen and oxygen atoms in total. The van der Waals surface area contributed by atoms with Crippen LogP contribution in [0.1, 0.15) is 52.9 Å². The average molecular weight is 298 g/mol. The van der Waals surface area contributed by atoms with Crippen molar-refractivity contribution in [2.75, 3.05) is 13.7 Å². The number of esters is 1. The molecule has 0 aliphatic heterocycles. The minimum Gasteiger partial charge on any atom is -0.459 e. The van der Waals surface area contributed by atoms with Crippen molar-refractivity contribution in [3.63, 3.8) is 0 Å². The van der Waals surface area contributed by atoms with Crippen molar-refractivity contribution in [1.82, 2.24) is 0 Å². The fourth-order valence-electron chi connectivity index (χ4n) is 1.40. The van der Waals surface area contributed by atoms with Crippen LogP contribution in [0, 0.1) is 11.8 Å². The number of rotatable bonds is 7. The third-order valence-electron chi connectivity index (χ3n) is 3.84. The second kappa shape index (κ2) is 9.20. The number of hydrogen-bond acceptors (Lipinski definition) is 3. The third-order valence-corrected chi connectivity index (χ3v) is 8.38. The van der Waals surface area contributed by atoms with Crippen LogP contribution in [0.2, 0.25) is 18.1 Å². The predicted octanol–water partition coefficient (Wildman–Crippen LogP) is 4.14. The Kier molecular flexibility index (Phi) is 8.83. The van der Waals surface area contributed by atoms with Gasteiger partial charge in [-0.1, -0.05) is 39.5 Å². The molecule has 0 N–H and O–H groups in total. The molecule has 0 rings (SSSR count). The summed E-state index contributed by atoms with van der Waals surface area (Å²) in [5.74, 6) is 4.81. The van der Waals surface area contributed by atoms with Gasteiger partial charge in [-0.3, -0.25) is 0 Å². The highest BCUT2D eigenvalue weighted by Crippen LogP contribution is 2.36. The summed E-state index contributed by atoms with van der Waals surface area (Å²) < 4.78 is 10.6. The van der Waals surface area contributed by atoms with Crippen molar-refractivity contribution in [2.24, 2.45) is 0 Å². The summed E-state index contributed by atoms with van der Waals surface area (Å²) in [6.45, 7) is 12.2. The average Bonchev–Trinajstić information content (AvgIpc) is 2.34. The van der Waals surface area contributed by atoms with Crippen LogP contribution in [0.15, 0.2) is 0 Å². The number of ether oxygens (including phenoxy) is 1. The molecule has 116 valence electrons. The van der Waals surface area contributed by atoms with Gasteiger partial charge in [0.2, 0.25) is 0 Å². The monoisotopic (exact) mass is 298 g/mol. The molecule has 20 heavy (non-hydrogen) atoms. The Morgan fingerprint density at radius 3 is 2.25 bits per heavy atom. The number of methoxy groups -OCH3 is 1. The zero-order chi connectivity index (χ0) is 15.6. The van der Waals surface area contributed by atoms with E-state index < -0.39 is 14.3 Å². The quantitative estimate of drug-likeness (QED) is 0.233. The number of carbonyl (C=O) groups excluding carboxylic acids is 1. The van der Waals surface area contributed by atoms with E-state index in [9.17, 15) is 4.79 Å². The van der Waals surface area contributed by atoms with Crippen LogP contribution in [0.3, 0.4) is 0 Å². The number of hydrogen-bond donors (Lipinski definition) is 0. The van der Waals surface area contributed by atoms with Crippen molar-refractivity contribution in [1.29, 1.82) is 0 Å². The molecule has 0 aromatic carbocycles. The second-order valence-corrected chi connectivity index (χ2v) is 11.4. The molecule has 0 saturated heterocycles. The van der Waals surface area contributed by atoms with Crippen LogP contribution >= 0.6 is 0 Å². The molecule has 0 unspecified atom stereocenters. The highest BCUT2D eigenvalue weighted by molar-refractivity contribution is 6.74. The fourth-order valence-corrected chi connectivity index (χ4v) is 2.49. The number of carbonyl (C=O) groups is 1. The van der Waals surface area contributed by atoms with Crippen LogP contribution < -0.4 is 0 Å². The molecule has 0 aliphatic carbocycles. The van der Waals surface area contributed by atoms with Gasteiger partial charge in [-0.25, -0.2) is 4.79 Å². The Morgan fingerprint density at radius 2 is 1.70 bits per heavy atom. The lowest BCUT2D eigenvalue weighted by molar-refractivity contribution is -0.133. The summed E-state index contributed by atoms with van der Waals surface area (Å²) >= 11 is 0. The molecular formula is C16H30O3Si. The van der Waals surface area contributed by atoms with E-state index in [1.54, 1.807) is 0 Å². The molecule has 0 bridgehead atoms. The molecule has 0 saturated carbocycles. The largest absolute Gasteiger partial charge is 0.459 e. The third kappa shape index (κ3) is 8.39. The second-order valence-electron chi connectivity index (χ2n) is 6.57. The van der Waals surface area contributed by atoms with Crippen LogP contribution in [0.4, 0.5) is 0 Å². The summed E-state index contributed by atoms with van der Waals surface area (Å²) in [7, 11) is -0.230. The Balaban J connectivity index is 3.59. The first-order valence-electron chi connectivity index (χ1n) is 7.41. The standard InChI is InChI=1S/C16H30O3Si/c1-16(2,3)20(5,6)19-14-12-10-8-7-9-11-13-15(17)18-4/h7-10,12,14H2,1-6H3. The van der Waals surface area contributed by atoms with Crippen molar-refractivity contribution in [3.8, 4) is 11.8 Å². The smallest absolute Gasteiger partial charge is 0.384 e. The molecule has 4 heteroatoms. The molecule has 0 spiro atoms. The summed E-state index contributed by atoms with van der Waals surface area (Å²) in [4.78, 5) is 10.8. The van der Waals surface area contributed by atoms with Crippen LogP contribution in [0.5, 0.6) is 0 Å². The molecule has 0 radical (unpaired) electrons. The van der Waals surface area contributed by atoms with Crippen LogP contribution in [0.25, 0.3) is 0 Å². The Morgan fingerprint density at radius 1 is 1.10 bits per heavy atom. The maximum atomic E-state index is 10.8. The van der Waals surface area contributed by atoms with E-state index in [-0.39, 0.29) is 5.04 Å². The van der Waals surface area contributed by atoms with Crippen molar-refractivity contribution in [3.05, 3.63) is 0 Å². The van der Waals surface area contributed by atoms with Gasteiger partial charge in [0.1, 0.15) is 0 Å². The first kappa shape index (κ1) is 19.2. The normalized spacial score (nSPS) is 11.7. The van der Waals surface area contributed by atoms with E-state index in [1.165, 1.54) is 7.11 Å². The lowest BCUT2D eigenvalue weighted by Crippen LogP contribution is -2.40. The Labute approximate surface area is 125 Å². The van der Waals surface area contributed by atoms with Gasteiger partial charge in [-0.2, -0.15) is 0 Å². The van der Waals surface area contributed by atoms with E-state index in [0.717, 1.165) is 38.7 Å². The molecule has 0 aromatic rings. The summed E-state index contributed by atoms with van der Waals surface area (Å²) in [5.41, 5.74) is 0. The maximum Gasteiger partial charge on any atom is 0.384 e. The molecule has 0 aromatic heterocycles. The van der Waals surface area contributed by atoms with Crippen LogP contribution in [-0.4, -0.2) is 28.0 Å². The first-order valence-corrected chi connectivity index (χ1v) is 10.3. The van der Waals surface area contributed by atoms with Crippen LogP contribution in [-0.2, 0) is 14.0 Å². The zero-order valence-corrected chi connectivity index (χ0v) is 15.0. The lowest BCUT2D eigenvalue weighted by atomic mass is 10.1. The van der Waals surface area contributed by atoms with E-state index in [2.05, 4.69) is 50.4 Å². The lowest BCUT2D eigenvalue weighted by Gasteiger charge is -2.36. The maximum absolute atomic E-state index is 10.8. The molecule has 0 amide bonds. The van der Waals surface area contributed by atoms with Crippen molar-refractivity contribution >= 4 is 14.3 Å². The Bertz CT molecular complexity index is 345. The molecule has 0 aliphatic rings. The number of unbranched alkanes of at least 4 members (excludes halogenated alkanes) is 4. The highest BCUT2D eigenvalue weighted by atomic mass is 28.4. The van der Waals surface area contributed by atoms with Gasteiger partial charge in [-0.05, 0) is 31.0 Å². The summed E-state index contributed by atoms with van der Waals surface area (Å²) in [6.07, 6.45) is 5.20. The highest BCUT2D eigenvalue weighted by Gasteiger charge is 2.36. The van der Waals surface area contributed by atoms with Gasteiger partial charge >= 0.3 is 5.97 Å². The topological polar surface area (TPSA) is 35.5 Å². The minimum absolute atomic E-state index is 0.288. The van der Waals surface area contributed by atoms with E-state index in [4.69, 9.17) is 4.43 Å². The fraction of sp³-hybridized carbons (Fsp3) is 0.812. The van der Waals surface area contributed by atoms with Crippen molar-refractivity contribution in [2.45, 2.75) is 71.0 Å². The van der Waals surface area contributed by atoms with Gasteiger partial charge in [0.05, 0.1) is 7.11 Å². The van der Waals surface area contributed by atoms with E-state index >= 15 is 0 Å². The van der Waals surface area contributed by atoms with Gasteiger partial charge in [0.15, 0.2) is 8.32 Å². The van der Waals surface area contributed by atoms with Gasteiger partial charge in [0, 0.05) is 18.9 Å². The van der Waals surface area contributed by atoms with Gasteiger partial charge in [-0.15, -0.1) is 0 Å². The van der Waals surface area contributed by atoms with Gasteiger partial charge in [0.25, 0.3) is 0 Å². The van der Waals surface area contributed by atoms with Gasteiger partial charge < -0.3 is 9.16 Å². The Hall–Kier alpha value is -0.793. The molecule has 0 fully saturated rings. The SMILES string of the molecule is COC(=O)C#CCCCCCCO[Si](C)(C)C(C)(C)C. The van der Waals surface area contributed by atoms with Crippen molar-refractivity contribution < 1.29 is 14.0 Å². The molecule has 0 heterocycles. The summed E-state index contributed by atoms with van der Waals surface area (Å²) in [5, 5.41) is 0.288. The van der Waals surface area contributed by atoms with E-state index in [0.29, 0.717) is 0 Å². The molecule has 0 atom stereocenters. The summed E-state index contributed by atoms with van der Waals surface area (Å²) in [6, 6.07) is 0. The predicted molar refractivity (Wildman–Crippen MR) is 86.0 cm³/mol.